The van der Waals surface area contributed by atoms with E-state index in [0.29, 0.717) is 0 Å². The van der Waals surface area contributed by atoms with Gasteiger partial charge in [-0.05, 0) is 37.5 Å². The van der Waals surface area contributed by atoms with Crippen molar-refractivity contribution in [2.45, 2.75) is 19.3 Å². The van der Waals surface area contributed by atoms with E-state index in [1.807, 2.05) is 36.5 Å². The molecule has 1 fully saturated rings. The Kier molecular flexibility index (Phi) is 4.37. The molecule has 0 amide bonds. The van der Waals surface area contributed by atoms with Crippen molar-refractivity contribution in [3.8, 4) is 11.3 Å². The molecule has 6 heteroatoms. The molecule has 0 atom stereocenters. The third-order valence-electron chi connectivity index (χ3n) is 5.11. The average Bonchev–Trinajstić information content (AvgIpc) is 3.24. The van der Waals surface area contributed by atoms with Crippen molar-refractivity contribution in [1.82, 2.24) is 19.6 Å². The average molecular weight is 370 g/mol. The number of hydrogen-bond acceptors (Lipinski definition) is 5. The van der Waals surface area contributed by atoms with Crippen LogP contribution in [0.25, 0.3) is 16.9 Å². The Morgan fingerprint density at radius 3 is 2.61 bits per heavy atom. The largest absolute Gasteiger partial charge is 0.357 e. The van der Waals surface area contributed by atoms with Gasteiger partial charge in [0.05, 0.1) is 11.4 Å². The van der Waals surface area contributed by atoms with E-state index in [2.05, 4.69) is 44.6 Å². The van der Waals surface area contributed by atoms with Gasteiger partial charge in [0.1, 0.15) is 11.6 Å². The Balaban J connectivity index is 1.50. The molecule has 3 aromatic heterocycles. The smallest absolute Gasteiger partial charge is 0.177 e. The standard InChI is InChI=1S/C22H22N6/c1-3-8-17(9-4-1)18-16-19(22-23-12-15-28(22)26-18)24-20-10-7-11-21(25-20)27-13-5-2-6-14-27/h1,3-4,7-12,15-16H,2,5-6,13-14H2,(H,24,25). The van der Waals surface area contributed by atoms with Crippen LogP contribution >= 0.6 is 0 Å². The molecule has 0 radical (unpaired) electrons. The van der Waals surface area contributed by atoms with Crippen LogP contribution in [0.5, 0.6) is 0 Å². The Morgan fingerprint density at radius 1 is 0.893 bits per heavy atom. The van der Waals surface area contributed by atoms with Crippen molar-refractivity contribution in [2.24, 2.45) is 0 Å². The summed E-state index contributed by atoms with van der Waals surface area (Å²) in [7, 11) is 0. The van der Waals surface area contributed by atoms with Crippen molar-refractivity contribution < 1.29 is 0 Å². The Hall–Kier alpha value is -3.41. The van der Waals surface area contributed by atoms with Crippen LogP contribution in [-0.4, -0.2) is 32.7 Å². The number of aromatic nitrogens is 4. The Labute approximate surface area is 163 Å². The molecule has 4 aromatic rings. The topological polar surface area (TPSA) is 58.3 Å². The summed E-state index contributed by atoms with van der Waals surface area (Å²) in [6.07, 6.45) is 7.41. The fourth-order valence-electron chi connectivity index (χ4n) is 3.69. The quantitative estimate of drug-likeness (QED) is 0.572. The second-order valence-corrected chi connectivity index (χ2v) is 7.06. The molecule has 1 aliphatic heterocycles. The number of anilines is 3. The van der Waals surface area contributed by atoms with E-state index < -0.39 is 0 Å². The number of pyridine rings is 1. The van der Waals surface area contributed by atoms with Crippen molar-refractivity contribution in [3.63, 3.8) is 0 Å². The highest BCUT2D eigenvalue weighted by atomic mass is 15.3. The molecule has 140 valence electrons. The molecule has 28 heavy (non-hydrogen) atoms. The van der Waals surface area contributed by atoms with E-state index in [1.165, 1.54) is 19.3 Å². The minimum Gasteiger partial charge on any atom is -0.357 e. The van der Waals surface area contributed by atoms with E-state index in [0.717, 1.165) is 47.3 Å². The van der Waals surface area contributed by atoms with Crippen LogP contribution in [0.2, 0.25) is 0 Å². The first-order chi connectivity index (χ1) is 13.9. The van der Waals surface area contributed by atoms with Gasteiger partial charge in [0.2, 0.25) is 0 Å². The minimum atomic E-state index is 0.782. The van der Waals surface area contributed by atoms with Crippen LogP contribution in [0.15, 0.2) is 67.0 Å². The number of nitrogens with zero attached hydrogens (tertiary/aromatic N) is 5. The first-order valence-corrected chi connectivity index (χ1v) is 9.76. The van der Waals surface area contributed by atoms with Crippen molar-refractivity contribution in [2.75, 3.05) is 23.3 Å². The molecule has 0 unspecified atom stereocenters. The van der Waals surface area contributed by atoms with Crippen molar-refractivity contribution in [3.05, 3.63) is 67.0 Å². The van der Waals surface area contributed by atoms with Gasteiger partial charge in [0.15, 0.2) is 5.65 Å². The van der Waals surface area contributed by atoms with Crippen LogP contribution in [0, 0.1) is 0 Å². The van der Waals surface area contributed by atoms with E-state index in [4.69, 9.17) is 4.98 Å². The number of benzene rings is 1. The van der Waals surface area contributed by atoms with Gasteiger partial charge in [-0.2, -0.15) is 5.10 Å². The zero-order chi connectivity index (χ0) is 18.8. The highest BCUT2D eigenvalue weighted by molar-refractivity contribution is 5.77. The fraction of sp³-hybridized carbons (Fsp3) is 0.227. The highest BCUT2D eigenvalue weighted by Crippen LogP contribution is 2.27. The lowest BCUT2D eigenvalue weighted by Gasteiger charge is -2.28. The maximum absolute atomic E-state index is 4.84. The number of rotatable bonds is 4. The summed E-state index contributed by atoms with van der Waals surface area (Å²) >= 11 is 0. The molecular formula is C22H22N6. The zero-order valence-electron chi connectivity index (χ0n) is 15.6. The second-order valence-electron chi connectivity index (χ2n) is 7.06. The van der Waals surface area contributed by atoms with Gasteiger partial charge in [-0.15, -0.1) is 0 Å². The Bertz CT molecular complexity index is 1080. The van der Waals surface area contributed by atoms with Crippen LogP contribution < -0.4 is 10.2 Å². The summed E-state index contributed by atoms with van der Waals surface area (Å²) in [5.41, 5.74) is 3.63. The summed E-state index contributed by atoms with van der Waals surface area (Å²) in [6.45, 7) is 2.16. The van der Waals surface area contributed by atoms with Gasteiger partial charge in [-0.1, -0.05) is 36.4 Å². The molecule has 0 bridgehead atoms. The molecule has 4 heterocycles. The number of imidazole rings is 1. The minimum absolute atomic E-state index is 0.782. The van der Waals surface area contributed by atoms with E-state index in [-0.39, 0.29) is 0 Å². The lowest BCUT2D eigenvalue weighted by atomic mass is 10.1. The van der Waals surface area contributed by atoms with E-state index in [9.17, 15) is 0 Å². The first kappa shape index (κ1) is 16.7. The summed E-state index contributed by atoms with van der Waals surface area (Å²) in [4.78, 5) is 11.7. The zero-order valence-corrected chi connectivity index (χ0v) is 15.6. The van der Waals surface area contributed by atoms with Gasteiger partial charge < -0.3 is 10.2 Å². The lowest BCUT2D eigenvalue weighted by Crippen LogP contribution is -2.30. The predicted octanol–water partition coefficient (Wildman–Crippen LogP) is 4.53. The molecule has 0 saturated carbocycles. The van der Waals surface area contributed by atoms with Crippen molar-refractivity contribution in [1.29, 1.82) is 0 Å². The third kappa shape index (κ3) is 3.29. The number of nitrogens with one attached hydrogen (secondary N) is 1. The SMILES string of the molecule is c1ccc(-c2cc(Nc3cccc(N4CCCCC4)n3)c3nccn3n2)cc1. The van der Waals surface area contributed by atoms with Gasteiger partial charge in [0.25, 0.3) is 0 Å². The molecule has 1 aliphatic rings. The molecule has 1 aromatic carbocycles. The normalized spacial score (nSPS) is 14.4. The summed E-state index contributed by atoms with van der Waals surface area (Å²) in [6, 6.07) is 18.3. The van der Waals surface area contributed by atoms with Gasteiger partial charge >= 0.3 is 0 Å². The van der Waals surface area contributed by atoms with Crippen LogP contribution in [0.1, 0.15) is 19.3 Å². The van der Waals surface area contributed by atoms with Gasteiger partial charge in [-0.25, -0.2) is 14.5 Å². The van der Waals surface area contributed by atoms with Crippen LogP contribution in [0.3, 0.4) is 0 Å². The number of piperidine rings is 1. The lowest BCUT2D eigenvalue weighted by molar-refractivity contribution is 0.573. The first-order valence-electron chi connectivity index (χ1n) is 9.76. The summed E-state index contributed by atoms with van der Waals surface area (Å²) in [5, 5.41) is 8.15. The summed E-state index contributed by atoms with van der Waals surface area (Å²) in [5.74, 6) is 1.85. The monoisotopic (exact) mass is 370 g/mol. The number of fused-ring (bicyclic) bond motifs is 1. The Morgan fingerprint density at radius 2 is 1.75 bits per heavy atom. The maximum Gasteiger partial charge on any atom is 0.177 e. The van der Waals surface area contributed by atoms with Crippen LogP contribution in [0.4, 0.5) is 17.3 Å². The fourth-order valence-corrected chi connectivity index (χ4v) is 3.69. The molecule has 1 saturated heterocycles. The summed E-state index contributed by atoms with van der Waals surface area (Å²) < 4.78 is 1.80. The third-order valence-corrected chi connectivity index (χ3v) is 5.11. The van der Waals surface area contributed by atoms with E-state index in [1.54, 1.807) is 10.7 Å². The number of hydrogen-bond donors (Lipinski definition) is 1. The van der Waals surface area contributed by atoms with Crippen LogP contribution in [-0.2, 0) is 0 Å². The molecule has 6 nitrogen and oxygen atoms in total. The van der Waals surface area contributed by atoms with E-state index >= 15 is 0 Å². The molecule has 0 spiro atoms. The molecule has 5 rings (SSSR count). The maximum atomic E-state index is 4.84. The van der Waals surface area contributed by atoms with Gasteiger partial charge in [0, 0.05) is 31.0 Å². The van der Waals surface area contributed by atoms with Crippen molar-refractivity contribution >= 4 is 23.0 Å². The highest BCUT2D eigenvalue weighted by Gasteiger charge is 2.14. The molecule has 1 N–H and O–H groups in total. The predicted molar refractivity (Wildman–Crippen MR) is 112 cm³/mol. The second kappa shape index (κ2) is 7.31. The molecular weight excluding hydrogens is 348 g/mol. The molecule has 0 aliphatic carbocycles. The van der Waals surface area contributed by atoms with Gasteiger partial charge in [-0.3, -0.25) is 0 Å².